The Morgan fingerprint density at radius 3 is 2.45 bits per heavy atom. The average molecular weight is 367 g/mol. The van der Waals surface area contributed by atoms with Gasteiger partial charge in [0.15, 0.2) is 0 Å². The Labute approximate surface area is 127 Å². The molecule has 1 aromatic rings. The maximum atomic E-state index is 12.4. The van der Waals surface area contributed by atoms with E-state index in [9.17, 15) is 13.5 Å². The molecule has 20 heavy (non-hydrogen) atoms. The van der Waals surface area contributed by atoms with E-state index >= 15 is 0 Å². The molecular weight excluding hydrogens is 348 g/mol. The van der Waals surface area contributed by atoms with Crippen molar-refractivity contribution in [2.45, 2.75) is 37.3 Å². The summed E-state index contributed by atoms with van der Waals surface area (Å²) in [6, 6.07) is 2.79. The van der Waals surface area contributed by atoms with E-state index in [-0.39, 0.29) is 16.3 Å². The summed E-state index contributed by atoms with van der Waals surface area (Å²) in [5, 5.41) is 9.63. The molecule has 0 saturated carbocycles. The Hall–Kier alpha value is -0.830. The lowest BCUT2D eigenvalue weighted by atomic mass is 10.0. The highest BCUT2D eigenvalue weighted by atomic mass is 79.9. The van der Waals surface area contributed by atoms with E-state index in [0.29, 0.717) is 4.47 Å². The van der Waals surface area contributed by atoms with Crippen molar-refractivity contribution in [2.24, 2.45) is 0 Å². The summed E-state index contributed by atoms with van der Waals surface area (Å²) >= 11 is 3.21. The molecule has 0 spiro atoms. The number of hydrogen-bond donors (Lipinski definition) is 3. The molecule has 0 aliphatic rings. The number of anilines is 1. The van der Waals surface area contributed by atoms with Crippen molar-refractivity contribution in [3.05, 3.63) is 16.6 Å². The largest absolute Gasteiger partial charge is 0.495 e. The van der Waals surface area contributed by atoms with Crippen LogP contribution in [-0.2, 0) is 10.0 Å². The first kappa shape index (κ1) is 17.2. The Bertz CT molecular complexity index is 600. The third-order valence-corrected chi connectivity index (χ3v) is 5.39. The van der Waals surface area contributed by atoms with Gasteiger partial charge in [0, 0.05) is 10.2 Å². The fourth-order valence-electron chi connectivity index (χ4n) is 1.41. The van der Waals surface area contributed by atoms with Crippen LogP contribution >= 0.6 is 15.9 Å². The Morgan fingerprint density at radius 2 is 2.00 bits per heavy atom. The molecule has 8 heteroatoms. The number of hydrogen-bond acceptors (Lipinski definition) is 5. The van der Waals surface area contributed by atoms with E-state index in [0.717, 1.165) is 0 Å². The first-order valence-corrected chi connectivity index (χ1v) is 8.14. The fraction of sp³-hybridized carbons (Fsp3) is 0.500. The standard InChI is InChI=1S/C12H19BrN2O4S/c1-7(16)12(2,3)15-20(17,18)11-6-9(14)8(13)5-10(11)19-4/h5-7,15-16H,14H2,1-4H3. The highest BCUT2D eigenvalue weighted by Gasteiger charge is 2.32. The number of halogens is 1. The van der Waals surface area contributed by atoms with E-state index in [4.69, 9.17) is 10.5 Å². The molecule has 0 radical (unpaired) electrons. The first-order chi connectivity index (χ1) is 9.01. The number of methoxy groups -OCH3 is 1. The molecule has 6 nitrogen and oxygen atoms in total. The smallest absolute Gasteiger partial charge is 0.244 e. The first-order valence-electron chi connectivity index (χ1n) is 5.86. The van der Waals surface area contributed by atoms with E-state index < -0.39 is 21.7 Å². The van der Waals surface area contributed by atoms with Gasteiger partial charge in [0.05, 0.1) is 18.8 Å². The van der Waals surface area contributed by atoms with Crippen LogP contribution in [0.5, 0.6) is 5.75 Å². The van der Waals surface area contributed by atoms with Gasteiger partial charge in [-0.15, -0.1) is 0 Å². The number of ether oxygens (including phenoxy) is 1. The zero-order valence-corrected chi connectivity index (χ0v) is 14.2. The topological polar surface area (TPSA) is 102 Å². The fourth-order valence-corrected chi connectivity index (χ4v) is 3.39. The maximum Gasteiger partial charge on any atom is 0.244 e. The highest BCUT2D eigenvalue weighted by Crippen LogP contribution is 2.32. The van der Waals surface area contributed by atoms with Crippen LogP contribution in [0.4, 0.5) is 5.69 Å². The second kappa shape index (κ2) is 5.88. The predicted molar refractivity (Wildman–Crippen MR) is 81.2 cm³/mol. The number of nitrogen functional groups attached to an aromatic ring is 1. The van der Waals surface area contributed by atoms with E-state index in [2.05, 4.69) is 20.7 Å². The van der Waals surface area contributed by atoms with Gasteiger partial charge in [0.25, 0.3) is 0 Å². The minimum Gasteiger partial charge on any atom is -0.495 e. The van der Waals surface area contributed by atoms with Crippen molar-refractivity contribution in [2.75, 3.05) is 12.8 Å². The van der Waals surface area contributed by atoms with E-state index in [1.165, 1.54) is 26.2 Å². The van der Waals surface area contributed by atoms with Gasteiger partial charge < -0.3 is 15.6 Å². The average Bonchev–Trinajstić information content (AvgIpc) is 2.30. The van der Waals surface area contributed by atoms with Gasteiger partial charge in [0.1, 0.15) is 10.6 Å². The summed E-state index contributed by atoms with van der Waals surface area (Å²) < 4.78 is 32.9. The van der Waals surface area contributed by atoms with E-state index in [1.54, 1.807) is 13.8 Å². The molecule has 0 bridgehead atoms. The second-order valence-corrected chi connectivity index (χ2v) is 7.53. The van der Waals surface area contributed by atoms with Crippen LogP contribution in [0.1, 0.15) is 20.8 Å². The maximum absolute atomic E-state index is 12.4. The van der Waals surface area contributed by atoms with Crippen molar-refractivity contribution in [1.82, 2.24) is 4.72 Å². The van der Waals surface area contributed by atoms with Gasteiger partial charge in [-0.3, -0.25) is 0 Å². The number of rotatable bonds is 5. The molecule has 1 rings (SSSR count). The molecule has 114 valence electrons. The van der Waals surface area contributed by atoms with Crippen molar-refractivity contribution >= 4 is 31.6 Å². The molecule has 0 fully saturated rings. The number of nitrogens with two attached hydrogens (primary N) is 1. The molecule has 0 saturated heterocycles. The van der Waals surface area contributed by atoms with Gasteiger partial charge in [-0.2, -0.15) is 0 Å². The molecule has 4 N–H and O–H groups in total. The zero-order valence-electron chi connectivity index (χ0n) is 11.8. The zero-order chi connectivity index (χ0) is 15.7. The Morgan fingerprint density at radius 1 is 1.45 bits per heavy atom. The molecule has 1 atom stereocenters. The quantitative estimate of drug-likeness (QED) is 0.685. The van der Waals surface area contributed by atoms with Crippen molar-refractivity contribution in [3.8, 4) is 5.75 Å². The normalized spacial score (nSPS) is 14.1. The highest BCUT2D eigenvalue weighted by molar-refractivity contribution is 9.10. The van der Waals surface area contributed by atoms with Crippen LogP contribution in [0.2, 0.25) is 0 Å². The van der Waals surface area contributed by atoms with Gasteiger partial charge in [-0.25, -0.2) is 13.1 Å². The lowest BCUT2D eigenvalue weighted by molar-refractivity contribution is 0.111. The number of sulfonamides is 1. The van der Waals surface area contributed by atoms with Gasteiger partial charge in [-0.05, 0) is 48.8 Å². The van der Waals surface area contributed by atoms with E-state index in [1.807, 2.05) is 0 Å². The number of nitrogens with one attached hydrogen (secondary N) is 1. The number of aliphatic hydroxyl groups is 1. The molecule has 0 aliphatic heterocycles. The molecule has 0 heterocycles. The van der Waals surface area contributed by atoms with Crippen LogP contribution in [0.15, 0.2) is 21.5 Å². The van der Waals surface area contributed by atoms with Gasteiger partial charge in [-0.1, -0.05) is 0 Å². The summed E-state index contributed by atoms with van der Waals surface area (Å²) in [6.45, 7) is 4.68. The molecule has 0 amide bonds. The summed E-state index contributed by atoms with van der Waals surface area (Å²) in [4.78, 5) is -0.0746. The van der Waals surface area contributed by atoms with Crippen molar-refractivity contribution < 1.29 is 18.3 Å². The third kappa shape index (κ3) is 3.63. The minimum absolute atomic E-state index is 0.0746. The SMILES string of the molecule is COc1cc(Br)c(N)cc1S(=O)(=O)NC(C)(C)C(C)O. The number of benzene rings is 1. The summed E-state index contributed by atoms with van der Waals surface area (Å²) in [7, 11) is -2.51. The molecule has 0 aromatic heterocycles. The van der Waals surface area contributed by atoms with Crippen molar-refractivity contribution in [1.29, 1.82) is 0 Å². The van der Waals surface area contributed by atoms with Crippen LogP contribution in [0.25, 0.3) is 0 Å². The van der Waals surface area contributed by atoms with Crippen LogP contribution in [0.3, 0.4) is 0 Å². The molecule has 1 unspecified atom stereocenters. The van der Waals surface area contributed by atoms with Gasteiger partial charge >= 0.3 is 0 Å². The molecular formula is C12H19BrN2O4S. The lowest BCUT2D eigenvalue weighted by Gasteiger charge is -2.29. The molecule has 0 aliphatic carbocycles. The monoisotopic (exact) mass is 366 g/mol. The Kier molecular flexibility index (Phi) is 5.07. The minimum atomic E-state index is -3.88. The van der Waals surface area contributed by atoms with Crippen molar-refractivity contribution in [3.63, 3.8) is 0 Å². The summed E-state index contributed by atoms with van der Waals surface area (Å²) in [6.07, 6.45) is -0.865. The van der Waals surface area contributed by atoms with Crippen LogP contribution in [-0.4, -0.2) is 32.3 Å². The Balaban J connectivity index is 3.33. The molecule has 1 aromatic carbocycles. The summed E-state index contributed by atoms with van der Waals surface area (Å²) in [5.41, 5.74) is 4.98. The second-order valence-electron chi connectivity index (χ2n) is 5.03. The predicted octanol–water partition coefficient (Wildman–Crippen LogP) is 1.48. The number of aliphatic hydroxyl groups excluding tert-OH is 1. The lowest BCUT2D eigenvalue weighted by Crippen LogP contribution is -2.50. The van der Waals surface area contributed by atoms with Crippen LogP contribution < -0.4 is 15.2 Å². The van der Waals surface area contributed by atoms with Crippen LogP contribution in [0, 0.1) is 0 Å². The summed E-state index contributed by atoms with van der Waals surface area (Å²) in [5.74, 6) is 0.167. The third-order valence-electron chi connectivity index (χ3n) is 3.01. The van der Waals surface area contributed by atoms with Gasteiger partial charge in [0.2, 0.25) is 10.0 Å².